The minimum Gasteiger partial charge on any atom is -0.375 e. The van der Waals surface area contributed by atoms with Crippen molar-refractivity contribution >= 4 is 17.8 Å². The largest absolute Gasteiger partial charge is 0.375 e. The van der Waals surface area contributed by atoms with Crippen LogP contribution in [-0.4, -0.2) is 91.7 Å². The zero-order valence-electron chi connectivity index (χ0n) is 18.4. The van der Waals surface area contributed by atoms with Crippen LogP contribution in [0.25, 0.3) is 0 Å². The zero-order valence-corrected chi connectivity index (χ0v) is 18.4. The minimum absolute atomic E-state index is 0.0177. The Kier molecular flexibility index (Phi) is 8.70. The Morgan fingerprint density at radius 2 is 1.93 bits per heavy atom. The molecule has 3 atom stereocenters. The molecule has 4 amide bonds. The first-order valence-corrected chi connectivity index (χ1v) is 10.6. The Morgan fingerprint density at radius 3 is 2.55 bits per heavy atom. The summed E-state index contributed by atoms with van der Waals surface area (Å²) in [5.74, 6) is 0.332. The second-order valence-electron chi connectivity index (χ2n) is 8.78. The fraction of sp³-hybridized carbons (Fsp3) is 0.850. The average molecular weight is 412 g/mol. The van der Waals surface area contributed by atoms with Gasteiger partial charge in [0.25, 0.3) is 0 Å². The molecule has 29 heavy (non-hydrogen) atoms. The van der Waals surface area contributed by atoms with Crippen LogP contribution >= 0.6 is 0 Å². The molecule has 2 aliphatic rings. The van der Waals surface area contributed by atoms with Crippen LogP contribution in [0.1, 0.15) is 40.5 Å². The summed E-state index contributed by atoms with van der Waals surface area (Å²) >= 11 is 0. The first-order valence-electron chi connectivity index (χ1n) is 10.6. The number of methoxy groups -OCH3 is 1. The number of carbonyl (C=O) groups excluding carboxylic acids is 3. The van der Waals surface area contributed by atoms with E-state index in [4.69, 9.17) is 4.74 Å². The van der Waals surface area contributed by atoms with Gasteiger partial charge in [-0.25, -0.2) is 4.79 Å². The fourth-order valence-corrected chi connectivity index (χ4v) is 3.98. The molecule has 0 aliphatic carbocycles. The van der Waals surface area contributed by atoms with Crippen molar-refractivity contribution in [3.8, 4) is 0 Å². The van der Waals surface area contributed by atoms with Gasteiger partial charge in [-0.3, -0.25) is 14.5 Å². The quantitative estimate of drug-likeness (QED) is 0.501. The molecule has 166 valence electrons. The van der Waals surface area contributed by atoms with Crippen LogP contribution in [0.2, 0.25) is 0 Å². The molecule has 0 bridgehead atoms. The maximum Gasteiger partial charge on any atom is 0.315 e. The van der Waals surface area contributed by atoms with Crippen molar-refractivity contribution in [3.63, 3.8) is 0 Å². The van der Waals surface area contributed by atoms with Crippen LogP contribution in [0, 0.1) is 5.92 Å². The number of fused-ring (bicyclic) bond motifs is 1. The number of amides is 4. The maximum absolute atomic E-state index is 13.2. The molecule has 0 aromatic carbocycles. The van der Waals surface area contributed by atoms with Gasteiger partial charge in [-0.2, -0.15) is 0 Å². The number of carbonyl (C=O) groups is 3. The van der Waals surface area contributed by atoms with E-state index >= 15 is 0 Å². The Labute approximate surface area is 173 Å². The number of nitrogens with zero attached hydrogens (tertiary/aromatic N) is 2. The van der Waals surface area contributed by atoms with Gasteiger partial charge in [-0.1, -0.05) is 13.8 Å². The molecule has 9 heteroatoms. The van der Waals surface area contributed by atoms with E-state index < -0.39 is 0 Å². The second kappa shape index (κ2) is 10.8. The van der Waals surface area contributed by atoms with E-state index in [1.807, 2.05) is 18.7 Å². The zero-order chi connectivity index (χ0) is 21.6. The second-order valence-corrected chi connectivity index (χ2v) is 8.78. The van der Waals surface area contributed by atoms with Gasteiger partial charge in [0.1, 0.15) is 12.6 Å². The maximum atomic E-state index is 13.2. The van der Waals surface area contributed by atoms with Crippen molar-refractivity contribution in [1.29, 1.82) is 0 Å². The molecule has 2 fully saturated rings. The van der Waals surface area contributed by atoms with E-state index in [1.165, 1.54) is 7.11 Å². The summed E-state index contributed by atoms with van der Waals surface area (Å²) in [7, 11) is 1.47. The number of nitrogens with one attached hydrogen (secondary N) is 3. The standard InChI is InChI=1S/C20H37N5O4/c1-13(2)6-7-24-11-16-8-15(23-20(28)22-14(3)4)10-25(16)19(27)17(24)9-21-18(26)12-29-5/h13-17H,6-12H2,1-5H3,(H,21,26)(H2,22,23,28)/t15-,16-,17-/m0/s1. The summed E-state index contributed by atoms with van der Waals surface area (Å²) in [6.07, 6.45) is 1.74. The molecular weight excluding hydrogens is 374 g/mol. The topological polar surface area (TPSA) is 103 Å². The Morgan fingerprint density at radius 1 is 1.21 bits per heavy atom. The number of hydrogen-bond acceptors (Lipinski definition) is 5. The smallest absolute Gasteiger partial charge is 0.315 e. The van der Waals surface area contributed by atoms with Crippen molar-refractivity contribution in [2.24, 2.45) is 5.92 Å². The highest BCUT2D eigenvalue weighted by atomic mass is 16.5. The minimum atomic E-state index is -0.381. The molecule has 0 radical (unpaired) electrons. The number of piperazine rings is 1. The predicted octanol–water partition coefficient (Wildman–Crippen LogP) is 0.156. The van der Waals surface area contributed by atoms with Gasteiger partial charge in [0.05, 0.1) is 6.04 Å². The molecule has 2 aliphatic heterocycles. The van der Waals surface area contributed by atoms with Crippen LogP contribution in [-0.2, 0) is 14.3 Å². The third-order valence-electron chi connectivity index (χ3n) is 5.39. The third kappa shape index (κ3) is 6.85. The van der Waals surface area contributed by atoms with Crippen LogP contribution < -0.4 is 16.0 Å². The van der Waals surface area contributed by atoms with Crippen molar-refractivity contribution < 1.29 is 19.1 Å². The van der Waals surface area contributed by atoms with Gasteiger partial charge < -0.3 is 25.6 Å². The van der Waals surface area contributed by atoms with E-state index in [1.54, 1.807) is 0 Å². The van der Waals surface area contributed by atoms with Crippen molar-refractivity contribution in [2.75, 3.05) is 39.9 Å². The molecule has 9 nitrogen and oxygen atoms in total. The molecule has 0 aromatic rings. The highest BCUT2D eigenvalue weighted by molar-refractivity contribution is 5.85. The summed E-state index contributed by atoms with van der Waals surface area (Å²) in [6, 6.07) is -0.486. The summed E-state index contributed by atoms with van der Waals surface area (Å²) in [5.41, 5.74) is 0. The van der Waals surface area contributed by atoms with Crippen LogP contribution in [0.5, 0.6) is 0 Å². The molecule has 0 unspecified atom stereocenters. The number of rotatable bonds is 9. The number of ether oxygens (including phenoxy) is 1. The van der Waals surface area contributed by atoms with Crippen LogP contribution in [0.3, 0.4) is 0 Å². The average Bonchev–Trinajstić information content (AvgIpc) is 3.01. The van der Waals surface area contributed by atoms with E-state index in [9.17, 15) is 14.4 Å². The van der Waals surface area contributed by atoms with Gasteiger partial charge >= 0.3 is 6.03 Å². The highest BCUT2D eigenvalue weighted by Crippen LogP contribution is 2.26. The Bertz CT molecular complexity index is 583. The number of hydrogen-bond donors (Lipinski definition) is 3. The van der Waals surface area contributed by atoms with Gasteiger partial charge in [0, 0.05) is 38.8 Å². The molecular formula is C20H37N5O4. The predicted molar refractivity (Wildman–Crippen MR) is 110 cm³/mol. The molecule has 2 heterocycles. The van der Waals surface area contributed by atoms with Gasteiger partial charge in [-0.15, -0.1) is 0 Å². The SMILES string of the molecule is COCC(=O)NC[C@H]1C(=O)N2C[C@@H](NC(=O)NC(C)C)C[C@H]2CN1CCC(C)C. The van der Waals surface area contributed by atoms with Gasteiger partial charge in [0.15, 0.2) is 0 Å². The van der Waals surface area contributed by atoms with E-state index in [0.29, 0.717) is 12.5 Å². The lowest BCUT2D eigenvalue weighted by molar-refractivity contribution is -0.144. The van der Waals surface area contributed by atoms with Crippen LogP contribution in [0.4, 0.5) is 4.79 Å². The lowest BCUT2D eigenvalue weighted by atomic mass is 10.0. The molecule has 2 saturated heterocycles. The highest BCUT2D eigenvalue weighted by Gasteiger charge is 2.45. The third-order valence-corrected chi connectivity index (χ3v) is 5.39. The van der Waals surface area contributed by atoms with Crippen LogP contribution in [0.15, 0.2) is 0 Å². The van der Waals surface area contributed by atoms with E-state index in [-0.39, 0.29) is 55.2 Å². The summed E-state index contributed by atoms with van der Waals surface area (Å²) in [5, 5.41) is 8.63. The lowest BCUT2D eigenvalue weighted by Crippen LogP contribution is -2.62. The fourth-order valence-electron chi connectivity index (χ4n) is 3.98. The van der Waals surface area contributed by atoms with E-state index in [0.717, 1.165) is 25.9 Å². The van der Waals surface area contributed by atoms with Crippen molar-refractivity contribution in [3.05, 3.63) is 0 Å². The molecule has 0 aromatic heterocycles. The molecule has 3 N–H and O–H groups in total. The van der Waals surface area contributed by atoms with Crippen molar-refractivity contribution in [1.82, 2.24) is 25.8 Å². The first kappa shape index (κ1) is 23.4. The Balaban J connectivity index is 2.02. The number of urea groups is 1. The molecule has 0 saturated carbocycles. The van der Waals surface area contributed by atoms with Crippen molar-refractivity contribution in [2.45, 2.75) is 64.7 Å². The van der Waals surface area contributed by atoms with E-state index in [2.05, 4.69) is 34.7 Å². The summed E-state index contributed by atoms with van der Waals surface area (Å²) in [4.78, 5) is 41.1. The van der Waals surface area contributed by atoms with Gasteiger partial charge in [-0.05, 0) is 39.2 Å². The normalized spacial score (nSPS) is 24.7. The molecule has 0 spiro atoms. The molecule has 2 rings (SSSR count). The summed E-state index contributed by atoms with van der Waals surface area (Å²) < 4.78 is 4.86. The van der Waals surface area contributed by atoms with Gasteiger partial charge in [0.2, 0.25) is 11.8 Å². The monoisotopic (exact) mass is 411 g/mol. The Hall–Kier alpha value is -1.87. The first-order chi connectivity index (χ1) is 13.7. The summed E-state index contributed by atoms with van der Waals surface area (Å²) in [6.45, 7) is 10.5. The lowest BCUT2D eigenvalue weighted by Gasteiger charge is -2.43.